The van der Waals surface area contributed by atoms with E-state index in [-0.39, 0.29) is 31.1 Å². The molecule has 61 heavy (non-hydrogen) atoms. The highest BCUT2D eigenvalue weighted by Crippen LogP contribution is 2.18. The van der Waals surface area contributed by atoms with E-state index in [0.29, 0.717) is 19.3 Å². The maximum absolute atomic E-state index is 12.8. The molecule has 0 N–H and O–H groups in total. The average molecular weight is 863 g/mol. The topological polar surface area (TPSA) is 78.9 Å². The van der Waals surface area contributed by atoms with Crippen LogP contribution >= 0.6 is 0 Å². The van der Waals surface area contributed by atoms with Gasteiger partial charge >= 0.3 is 17.9 Å². The highest BCUT2D eigenvalue weighted by molar-refractivity contribution is 5.71. The van der Waals surface area contributed by atoms with Gasteiger partial charge in [0.2, 0.25) is 0 Å². The predicted molar refractivity (Wildman–Crippen MR) is 261 cm³/mol. The molecule has 0 fully saturated rings. The maximum atomic E-state index is 12.8. The van der Waals surface area contributed by atoms with Gasteiger partial charge in [0.1, 0.15) is 13.2 Å². The highest BCUT2D eigenvalue weighted by atomic mass is 16.6. The number of unbranched alkanes of at least 4 members (excludes halogenated alkanes) is 34. The molecule has 6 heteroatoms. The van der Waals surface area contributed by atoms with E-state index in [1.165, 1.54) is 193 Å². The van der Waals surface area contributed by atoms with Crippen molar-refractivity contribution in [3.63, 3.8) is 0 Å². The van der Waals surface area contributed by atoms with Crippen molar-refractivity contribution in [1.29, 1.82) is 0 Å². The Hall–Kier alpha value is -1.59. The zero-order valence-corrected chi connectivity index (χ0v) is 41.8. The van der Waals surface area contributed by atoms with E-state index in [2.05, 4.69) is 34.6 Å². The monoisotopic (exact) mass is 863 g/mol. The molecule has 1 atom stereocenters. The van der Waals surface area contributed by atoms with Crippen LogP contribution < -0.4 is 0 Å². The lowest BCUT2D eigenvalue weighted by Gasteiger charge is -2.18. The first-order chi connectivity index (χ1) is 29.7. The zero-order valence-electron chi connectivity index (χ0n) is 41.8. The first-order valence-electron chi connectivity index (χ1n) is 27.2. The summed E-state index contributed by atoms with van der Waals surface area (Å²) < 4.78 is 16.8. The second kappa shape index (κ2) is 47.9. The van der Waals surface area contributed by atoms with Gasteiger partial charge in [-0.2, -0.15) is 0 Å². The molecule has 0 aliphatic rings. The van der Waals surface area contributed by atoms with Gasteiger partial charge < -0.3 is 14.2 Å². The van der Waals surface area contributed by atoms with Gasteiger partial charge in [-0.3, -0.25) is 14.4 Å². The van der Waals surface area contributed by atoms with Gasteiger partial charge in [-0.15, -0.1) is 0 Å². The van der Waals surface area contributed by atoms with E-state index in [9.17, 15) is 14.4 Å². The molecule has 0 saturated heterocycles. The SMILES string of the molecule is CCCCCCCCCCCCCCCCCCCCCC(=O)O[C@H](COC(=O)CCCCCCCCCCCCCCC(C)C)COC(=O)CCCCCCCCC(C)C. The number of esters is 3. The summed E-state index contributed by atoms with van der Waals surface area (Å²) >= 11 is 0. The molecule has 0 amide bonds. The smallest absolute Gasteiger partial charge is 0.306 e. The lowest BCUT2D eigenvalue weighted by Crippen LogP contribution is -2.30. The van der Waals surface area contributed by atoms with Crippen LogP contribution in [0.2, 0.25) is 0 Å². The minimum atomic E-state index is -0.762. The van der Waals surface area contributed by atoms with Crippen LogP contribution in [0.3, 0.4) is 0 Å². The molecule has 0 aromatic carbocycles. The molecule has 0 heterocycles. The van der Waals surface area contributed by atoms with Crippen LogP contribution in [0.15, 0.2) is 0 Å². The summed E-state index contributed by atoms with van der Waals surface area (Å²) in [6.07, 6.45) is 49.7. The minimum Gasteiger partial charge on any atom is -0.462 e. The van der Waals surface area contributed by atoms with E-state index in [1.54, 1.807) is 0 Å². The molecule has 6 nitrogen and oxygen atoms in total. The van der Waals surface area contributed by atoms with E-state index in [1.807, 2.05) is 0 Å². The van der Waals surface area contributed by atoms with Crippen molar-refractivity contribution >= 4 is 17.9 Å². The summed E-state index contributed by atoms with van der Waals surface area (Å²) in [5.74, 6) is 0.747. The predicted octanol–water partition coefficient (Wildman–Crippen LogP) is 17.7. The Morgan fingerprint density at radius 2 is 0.541 bits per heavy atom. The van der Waals surface area contributed by atoms with Crippen molar-refractivity contribution in [3.05, 3.63) is 0 Å². The molecule has 0 saturated carbocycles. The molecule has 0 rings (SSSR count). The first-order valence-corrected chi connectivity index (χ1v) is 27.2. The van der Waals surface area contributed by atoms with Gasteiger partial charge in [0.05, 0.1) is 0 Å². The molecule has 0 aliphatic heterocycles. The molecule has 0 aromatic heterocycles. The number of carbonyl (C=O) groups is 3. The summed E-state index contributed by atoms with van der Waals surface area (Å²) in [5, 5.41) is 0. The van der Waals surface area contributed by atoms with Crippen LogP contribution in [-0.4, -0.2) is 37.2 Å². The van der Waals surface area contributed by atoms with Crippen molar-refractivity contribution in [2.24, 2.45) is 11.8 Å². The van der Waals surface area contributed by atoms with E-state index in [0.717, 1.165) is 69.6 Å². The molecule has 0 bridgehead atoms. The van der Waals surface area contributed by atoms with Gasteiger partial charge in [-0.25, -0.2) is 0 Å². The second-order valence-electron chi connectivity index (χ2n) is 19.8. The maximum Gasteiger partial charge on any atom is 0.306 e. The fourth-order valence-electron chi connectivity index (χ4n) is 8.34. The lowest BCUT2D eigenvalue weighted by molar-refractivity contribution is -0.167. The Morgan fingerprint density at radius 3 is 0.803 bits per heavy atom. The van der Waals surface area contributed by atoms with E-state index < -0.39 is 6.10 Å². The van der Waals surface area contributed by atoms with Crippen LogP contribution in [0.25, 0.3) is 0 Å². The minimum absolute atomic E-state index is 0.0643. The molecular formula is C55H106O6. The van der Waals surface area contributed by atoms with Crippen LogP contribution in [-0.2, 0) is 28.6 Å². The number of ether oxygens (including phenoxy) is 3. The fraction of sp³-hybridized carbons (Fsp3) is 0.945. The van der Waals surface area contributed by atoms with Crippen LogP contribution in [0, 0.1) is 11.8 Å². The Bertz CT molecular complexity index is 931. The van der Waals surface area contributed by atoms with Gasteiger partial charge in [0.15, 0.2) is 6.10 Å². The molecule has 362 valence electrons. The Labute approximate surface area is 380 Å². The molecule has 0 spiro atoms. The zero-order chi connectivity index (χ0) is 44.7. The molecule has 0 unspecified atom stereocenters. The summed E-state index contributed by atoms with van der Waals surface area (Å²) in [6, 6.07) is 0. The van der Waals surface area contributed by atoms with Crippen LogP contribution in [0.1, 0.15) is 304 Å². The number of hydrogen-bond donors (Lipinski definition) is 0. The third-order valence-corrected chi connectivity index (χ3v) is 12.5. The standard InChI is InChI=1S/C55H106O6/c1-6-7-8-9-10-11-12-13-14-15-16-17-18-19-24-27-30-37-42-47-55(58)61-52(49-60-54(57)46-41-36-32-31-34-39-44-51(4)5)48-59-53(56)45-40-35-29-26-23-21-20-22-25-28-33-38-43-50(2)3/h50-52H,6-49H2,1-5H3/t52-/m1/s1. The van der Waals surface area contributed by atoms with Crippen molar-refractivity contribution in [2.75, 3.05) is 13.2 Å². The number of carbonyl (C=O) groups excluding carboxylic acids is 3. The molecular weight excluding hydrogens is 757 g/mol. The van der Waals surface area contributed by atoms with Crippen molar-refractivity contribution in [3.8, 4) is 0 Å². The first kappa shape index (κ1) is 59.4. The third-order valence-electron chi connectivity index (χ3n) is 12.5. The normalized spacial score (nSPS) is 12.0. The Morgan fingerprint density at radius 1 is 0.311 bits per heavy atom. The van der Waals surface area contributed by atoms with E-state index in [4.69, 9.17) is 14.2 Å². The van der Waals surface area contributed by atoms with Crippen LogP contribution in [0.4, 0.5) is 0 Å². The number of hydrogen-bond acceptors (Lipinski definition) is 6. The summed E-state index contributed by atoms with van der Waals surface area (Å²) in [7, 11) is 0. The summed E-state index contributed by atoms with van der Waals surface area (Å²) in [4.78, 5) is 37.9. The van der Waals surface area contributed by atoms with E-state index >= 15 is 0 Å². The van der Waals surface area contributed by atoms with Gasteiger partial charge in [0, 0.05) is 19.3 Å². The molecule has 0 aliphatic carbocycles. The largest absolute Gasteiger partial charge is 0.462 e. The second-order valence-corrected chi connectivity index (χ2v) is 19.8. The van der Waals surface area contributed by atoms with Gasteiger partial charge in [-0.05, 0) is 31.1 Å². The highest BCUT2D eigenvalue weighted by Gasteiger charge is 2.19. The van der Waals surface area contributed by atoms with Gasteiger partial charge in [-0.1, -0.05) is 266 Å². The summed E-state index contributed by atoms with van der Waals surface area (Å²) in [6.45, 7) is 11.3. The van der Waals surface area contributed by atoms with Crippen molar-refractivity contribution in [2.45, 2.75) is 310 Å². The van der Waals surface area contributed by atoms with Crippen LogP contribution in [0.5, 0.6) is 0 Å². The lowest BCUT2D eigenvalue weighted by atomic mass is 10.0. The van der Waals surface area contributed by atoms with Crippen molar-refractivity contribution < 1.29 is 28.6 Å². The number of rotatable bonds is 49. The molecule has 0 aromatic rings. The van der Waals surface area contributed by atoms with Gasteiger partial charge in [0.25, 0.3) is 0 Å². The third kappa shape index (κ3) is 49.3. The average Bonchev–Trinajstić information content (AvgIpc) is 3.23. The van der Waals surface area contributed by atoms with Crippen molar-refractivity contribution in [1.82, 2.24) is 0 Å². The Kier molecular flexibility index (Phi) is 46.6. The quantitative estimate of drug-likeness (QED) is 0.0344. The molecule has 0 radical (unpaired) electrons. The summed E-state index contributed by atoms with van der Waals surface area (Å²) in [5.41, 5.74) is 0. The fourth-order valence-corrected chi connectivity index (χ4v) is 8.34. The Balaban J connectivity index is 4.23.